The molecule has 0 aliphatic carbocycles. The Kier molecular flexibility index (Phi) is 6.90. The summed E-state index contributed by atoms with van der Waals surface area (Å²) < 4.78 is 40.7. The highest BCUT2D eigenvalue weighted by atomic mass is 35.5. The second-order valence-corrected chi connectivity index (χ2v) is 7.23. The van der Waals surface area contributed by atoms with Crippen molar-refractivity contribution in [3.05, 3.63) is 23.0 Å². The van der Waals surface area contributed by atoms with Crippen molar-refractivity contribution in [2.75, 3.05) is 12.3 Å². The number of hydrogen-bond acceptors (Lipinski definition) is 3. The number of sulfonamides is 1. The van der Waals surface area contributed by atoms with E-state index in [-0.39, 0.29) is 23.2 Å². The van der Waals surface area contributed by atoms with Crippen molar-refractivity contribution < 1.29 is 12.8 Å². The Labute approximate surface area is 130 Å². The van der Waals surface area contributed by atoms with Gasteiger partial charge < -0.3 is 5.73 Å². The van der Waals surface area contributed by atoms with Crippen LogP contribution in [0.3, 0.4) is 0 Å². The number of anilines is 1. The Morgan fingerprint density at radius 2 is 2.05 bits per heavy atom. The summed E-state index contributed by atoms with van der Waals surface area (Å²) in [7, 11) is -3.96. The third kappa shape index (κ3) is 5.13. The van der Waals surface area contributed by atoms with Gasteiger partial charge in [0.15, 0.2) is 5.82 Å². The molecule has 0 spiro atoms. The van der Waals surface area contributed by atoms with Gasteiger partial charge in [0.2, 0.25) is 10.0 Å². The highest BCUT2D eigenvalue weighted by Crippen LogP contribution is 2.25. The van der Waals surface area contributed by atoms with Crippen LogP contribution in [0.2, 0.25) is 5.02 Å². The van der Waals surface area contributed by atoms with Gasteiger partial charge in [0.1, 0.15) is 4.90 Å². The van der Waals surface area contributed by atoms with Crippen LogP contribution in [0.5, 0.6) is 0 Å². The van der Waals surface area contributed by atoms with Gasteiger partial charge in [-0.05, 0) is 24.5 Å². The molecule has 0 fully saturated rings. The first-order chi connectivity index (χ1) is 9.81. The lowest BCUT2D eigenvalue weighted by atomic mass is 10.00. The molecule has 0 heterocycles. The molecule has 1 unspecified atom stereocenters. The average molecular weight is 337 g/mol. The van der Waals surface area contributed by atoms with E-state index in [1.165, 1.54) is 6.07 Å². The number of rotatable bonds is 8. The van der Waals surface area contributed by atoms with Gasteiger partial charge in [-0.3, -0.25) is 0 Å². The standard InChI is InChI=1S/C14H22ClFN2O2S/c1-3-5-6-10(4-2)9-18-21(19,20)13-8-11(17)7-12(15)14(13)16/h7-8,10,18H,3-6,9,17H2,1-2H3. The lowest BCUT2D eigenvalue weighted by Gasteiger charge is -2.16. The molecule has 7 heteroatoms. The Morgan fingerprint density at radius 1 is 1.38 bits per heavy atom. The maximum atomic E-state index is 13.9. The van der Waals surface area contributed by atoms with Crippen LogP contribution in [0.15, 0.2) is 17.0 Å². The van der Waals surface area contributed by atoms with Gasteiger partial charge in [0.05, 0.1) is 5.02 Å². The second-order valence-electron chi connectivity index (χ2n) is 5.08. The maximum absolute atomic E-state index is 13.9. The van der Waals surface area contributed by atoms with E-state index in [9.17, 15) is 12.8 Å². The molecule has 0 aromatic heterocycles. The van der Waals surface area contributed by atoms with Crippen molar-refractivity contribution >= 4 is 27.3 Å². The van der Waals surface area contributed by atoms with Gasteiger partial charge in [0, 0.05) is 12.2 Å². The Hall–Kier alpha value is -0.850. The van der Waals surface area contributed by atoms with Gasteiger partial charge >= 0.3 is 0 Å². The summed E-state index contributed by atoms with van der Waals surface area (Å²) in [6.45, 7) is 4.37. The summed E-state index contributed by atoms with van der Waals surface area (Å²) in [6, 6.07) is 2.27. The van der Waals surface area contributed by atoms with Gasteiger partial charge in [-0.1, -0.05) is 44.7 Å². The third-order valence-electron chi connectivity index (χ3n) is 3.41. The largest absolute Gasteiger partial charge is 0.399 e. The van der Waals surface area contributed by atoms with Gasteiger partial charge in [-0.2, -0.15) is 0 Å². The molecule has 0 aliphatic rings. The fraction of sp³-hybridized carbons (Fsp3) is 0.571. The van der Waals surface area contributed by atoms with E-state index in [0.717, 1.165) is 31.7 Å². The fourth-order valence-corrected chi connectivity index (χ4v) is 3.56. The number of nitrogens with two attached hydrogens (primary N) is 1. The Balaban J connectivity index is 2.87. The van der Waals surface area contributed by atoms with Crippen LogP contribution in [0.1, 0.15) is 39.5 Å². The lowest BCUT2D eigenvalue weighted by molar-refractivity contribution is 0.443. The quantitative estimate of drug-likeness (QED) is 0.713. The first-order valence-corrected chi connectivity index (χ1v) is 8.92. The second kappa shape index (κ2) is 7.96. The van der Waals surface area contributed by atoms with Crippen LogP contribution >= 0.6 is 11.6 Å². The molecule has 0 aliphatic heterocycles. The van der Waals surface area contributed by atoms with Crippen molar-refractivity contribution in [1.82, 2.24) is 4.72 Å². The molecule has 0 radical (unpaired) electrons. The van der Waals surface area contributed by atoms with Crippen LogP contribution in [-0.4, -0.2) is 15.0 Å². The van der Waals surface area contributed by atoms with E-state index in [1.54, 1.807) is 0 Å². The molecule has 4 nitrogen and oxygen atoms in total. The van der Waals surface area contributed by atoms with Gasteiger partial charge in [-0.25, -0.2) is 17.5 Å². The number of hydrogen-bond donors (Lipinski definition) is 2. The summed E-state index contributed by atoms with van der Waals surface area (Å²) in [5, 5.41) is -0.298. The molecule has 1 aromatic rings. The van der Waals surface area contributed by atoms with E-state index in [1.807, 2.05) is 6.92 Å². The molecule has 0 saturated carbocycles. The number of unbranched alkanes of at least 4 members (excludes halogenated alkanes) is 1. The zero-order chi connectivity index (χ0) is 16.0. The maximum Gasteiger partial charge on any atom is 0.243 e. The van der Waals surface area contributed by atoms with Crippen molar-refractivity contribution in [3.63, 3.8) is 0 Å². The van der Waals surface area contributed by atoms with Gasteiger partial charge in [0.25, 0.3) is 0 Å². The normalized spacial score (nSPS) is 13.3. The number of benzene rings is 1. The monoisotopic (exact) mass is 336 g/mol. The number of halogens is 2. The average Bonchev–Trinajstić information content (AvgIpc) is 2.43. The summed E-state index contributed by atoms with van der Waals surface area (Å²) in [6.07, 6.45) is 3.90. The van der Waals surface area contributed by atoms with Crippen LogP contribution in [-0.2, 0) is 10.0 Å². The Morgan fingerprint density at radius 3 is 2.62 bits per heavy atom. The molecule has 0 amide bonds. The third-order valence-corrected chi connectivity index (χ3v) is 5.11. The van der Waals surface area contributed by atoms with E-state index >= 15 is 0 Å². The van der Waals surface area contributed by atoms with Crippen LogP contribution in [0, 0.1) is 11.7 Å². The summed E-state index contributed by atoms with van der Waals surface area (Å²) >= 11 is 5.64. The summed E-state index contributed by atoms with van der Waals surface area (Å²) in [5.41, 5.74) is 5.64. The summed E-state index contributed by atoms with van der Waals surface area (Å²) in [4.78, 5) is -0.502. The minimum absolute atomic E-state index is 0.111. The van der Waals surface area contributed by atoms with Crippen molar-refractivity contribution in [2.45, 2.75) is 44.4 Å². The topological polar surface area (TPSA) is 72.2 Å². The minimum atomic E-state index is -3.96. The Bertz CT molecular complexity index is 579. The zero-order valence-electron chi connectivity index (χ0n) is 12.3. The molecule has 21 heavy (non-hydrogen) atoms. The zero-order valence-corrected chi connectivity index (χ0v) is 13.9. The first kappa shape index (κ1) is 18.2. The number of nitrogen functional groups attached to an aromatic ring is 1. The fourth-order valence-electron chi connectivity index (χ4n) is 2.03. The molecule has 1 aromatic carbocycles. The smallest absolute Gasteiger partial charge is 0.243 e. The molecule has 0 saturated heterocycles. The molecular weight excluding hydrogens is 315 g/mol. The van der Waals surface area contributed by atoms with Crippen molar-refractivity contribution in [3.8, 4) is 0 Å². The van der Waals surface area contributed by atoms with Crippen LogP contribution in [0.4, 0.5) is 10.1 Å². The van der Waals surface area contributed by atoms with Crippen LogP contribution in [0.25, 0.3) is 0 Å². The predicted molar refractivity (Wildman–Crippen MR) is 84.3 cm³/mol. The lowest BCUT2D eigenvalue weighted by Crippen LogP contribution is -2.30. The predicted octanol–water partition coefficient (Wildman–Crippen LogP) is 3.56. The van der Waals surface area contributed by atoms with Crippen molar-refractivity contribution in [1.29, 1.82) is 0 Å². The minimum Gasteiger partial charge on any atom is -0.399 e. The van der Waals surface area contributed by atoms with E-state index < -0.39 is 20.7 Å². The molecular formula is C14H22ClFN2O2S. The SMILES string of the molecule is CCCCC(CC)CNS(=O)(=O)c1cc(N)cc(Cl)c1F. The van der Waals surface area contributed by atoms with Crippen molar-refractivity contribution in [2.24, 2.45) is 5.92 Å². The van der Waals surface area contributed by atoms with Gasteiger partial charge in [-0.15, -0.1) is 0 Å². The van der Waals surface area contributed by atoms with E-state index in [4.69, 9.17) is 17.3 Å². The molecule has 1 atom stereocenters. The van der Waals surface area contributed by atoms with E-state index in [2.05, 4.69) is 11.6 Å². The first-order valence-electron chi connectivity index (χ1n) is 7.06. The highest BCUT2D eigenvalue weighted by molar-refractivity contribution is 7.89. The summed E-state index contributed by atoms with van der Waals surface area (Å²) in [5.74, 6) is -0.737. The van der Waals surface area contributed by atoms with E-state index in [0.29, 0.717) is 0 Å². The molecule has 3 N–H and O–H groups in total. The highest BCUT2D eigenvalue weighted by Gasteiger charge is 2.22. The molecule has 0 bridgehead atoms. The van der Waals surface area contributed by atoms with Crippen LogP contribution < -0.4 is 10.5 Å². The number of nitrogens with one attached hydrogen (secondary N) is 1. The molecule has 1 rings (SSSR count). The molecule has 120 valence electrons.